The van der Waals surface area contributed by atoms with Crippen molar-refractivity contribution in [1.82, 2.24) is 0 Å². The number of unbranched alkanes of at least 4 members (excludes halogenated alkanes) is 20. The van der Waals surface area contributed by atoms with E-state index < -0.39 is 20.2 Å². The summed E-state index contributed by atoms with van der Waals surface area (Å²) in [6.07, 6.45) is 32.1. The molecule has 0 aromatic heterocycles. The van der Waals surface area contributed by atoms with E-state index in [4.69, 9.17) is 0 Å². The molecule has 9 heteroatoms. The van der Waals surface area contributed by atoms with Crippen LogP contribution in [0.4, 0.5) is 0 Å². The fourth-order valence-electron chi connectivity index (χ4n) is 8.32. The first-order chi connectivity index (χ1) is 28.9. The molecule has 0 N–H and O–H groups in total. The molecule has 0 aliphatic rings. The van der Waals surface area contributed by atoms with Crippen molar-refractivity contribution in [3.05, 3.63) is 82.9 Å². The van der Waals surface area contributed by atoms with Gasteiger partial charge in [0, 0.05) is 0 Å². The minimum atomic E-state index is -4.47. The Balaban J connectivity index is 0.000000413. The zero-order chi connectivity index (χ0) is 43.6. The third-order valence-corrected chi connectivity index (χ3v) is 13.8. The van der Waals surface area contributed by atoms with Gasteiger partial charge in [-0.15, -0.1) is 0 Å². The number of fused-ring (bicyclic) bond motifs is 2. The third kappa shape index (κ3) is 21.8. The van der Waals surface area contributed by atoms with Crippen LogP contribution < -0.4 is 0 Å². The quantitative estimate of drug-likeness (QED) is 0.0292. The molecule has 0 heterocycles. The van der Waals surface area contributed by atoms with Gasteiger partial charge in [-0.05, 0) is 119 Å². The molecule has 0 radical (unpaired) electrons. The number of aryl methyl sites for hydroxylation is 4. The molecular formula is C52H78CaO6S2. The molecule has 0 saturated carbocycles. The van der Waals surface area contributed by atoms with Gasteiger partial charge in [0.2, 0.25) is 0 Å². The number of benzene rings is 4. The smallest absolute Gasteiger partial charge is 0.744 e. The summed E-state index contributed by atoms with van der Waals surface area (Å²) in [4.78, 5) is -0.0550. The zero-order valence-electron chi connectivity index (χ0n) is 38.5. The maximum atomic E-state index is 11.9. The van der Waals surface area contributed by atoms with Crippen LogP contribution in [-0.2, 0) is 45.9 Å². The Hall–Kier alpha value is -1.52. The van der Waals surface area contributed by atoms with Crippen molar-refractivity contribution >= 4 is 79.5 Å². The van der Waals surface area contributed by atoms with Crippen LogP contribution in [0, 0.1) is 0 Å². The second kappa shape index (κ2) is 31.4. The number of hydrogen-bond donors (Lipinski definition) is 0. The van der Waals surface area contributed by atoms with Crippen molar-refractivity contribution in [3.63, 3.8) is 0 Å². The second-order valence-electron chi connectivity index (χ2n) is 17.3. The Morgan fingerprint density at radius 3 is 0.918 bits per heavy atom. The van der Waals surface area contributed by atoms with Gasteiger partial charge in [0.25, 0.3) is 0 Å². The molecule has 0 atom stereocenters. The maximum absolute atomic E-state index is 11.9. The molecule has 4 aromatic carbocycles. The predicted molar refractivity (Wildman–Crippen MR) is 258 cm³/mol. The minimum Gasteiger partial charge on any atom is -0.744 e. The van der Waals surface area contributed by atoms with Crippen LogP contribution in [0.3, 0.4) is 0 Å². The molecule has 0 unspecified atom stereocenters. The zero-order valence-corrected chi connectivity index (χ0v) is 42.4. The van der Waals surface area contributed by atoms with E-state index in [-0.39, 0.29) is 47.5 Å². The van der Waals surface area contributed by atoms with E-state index in [1.807, 2.05) is 12.1 Å². The Morgan fingerprint density at radius 2 is 0.623 bits per heavy atom. The van der Waals surface area contributed by atoms with E-state index in [9.17, 15) is 25.9 Å². The monoisotopic (exact) mass is 902 g/mol. The average Bonchev–Trinajstić information content (AvgIpc) is 3.22. The first-order valence-corrected chi connectivity index (χ1v) is 26.8. The summed E-state index contributed by atoms with van der Waals surface area (Å²) < 4.78 is 71.4. The Kier molecular flexibility index (Phi) is 28.6. The van der Waals surface area contributed by atoms with Crippen LogP contribution in [-0.4, -0.2) is 63.7 Å². The van der Waals surface area contributed by atoms with Crippen molar-refractivity contribution in [2.24, 2.45) is 0 Å². The molecule has 336 valence electrons. The largest absolute Gasteiger partial charge is 2.00 e. The summed E-state index contributed by atoms with van der Waals surface area (Å²) >= 11 is 0. The predicted octanol–water partition coefficient (Wildman–Crippen LogP) is 14.7. The van der Waals surface area contributed by atoms with Gasteiger partial charge in [0.05, 0.1) is 9.79 Å². The molecule has 0 aliphatic carbocycles. The van der Waals surface area contributed by atoms with Crippen LogP contribution in [0.1, 0.15) is 204 Å². The van der Waals surface area contributed by atoms with Gasteiger partial charge in [-0.25, -0.2) is 16.8 Å². The molecule has 6 nitrogen and oxygen atoms in total. The van der Waals surface area contributed by atoms with Crippen LogP contribution in [0.25, 0.3) is 21.5 Å². The van der Waals surface area contributed by atoms with Gasteiger partial charge >= 0.3 is 37.7 Å². The standard InChI is InChI=1S/2C26H40O3S.Ca/c2*1-3-5-7-9-11-13-15-22-17-18-23-20-24(16-14-12-10-8-6-4-2)26(30(27,28)29)21-25(23)19-22;/h2*17-21H,3-16H2,1-2H3,(H,27,28,29);/q;;+2/p-2. The first-order valence-electron chi connectivity index (χ1n) is 23.9. The van der Waals surface area contributed by atoms with Gasteiger partial charge in [-0.2, -0.15) is 0 Å². The first kappa shape index (κ1) is 55.6. The molecule has 0 fully saturated rings. The molecule has 0 saturated heterocycles. The Morgan fingerprint density at radius 1 is 0.344 bits per heavy atom. The van der Waals surface area contributed by atoms with E-state index in [0.29, 0.717) is 24.0 Å². The molecule has 0 amide bonds. The molecule has 0 spiro atoms. The summed E-state index contributed by atoms with van der Waals surface area (Å²) in [5.41, 5.74) is 3.79. The van der Waals surface area contributed by atoms with Gasteiger partial charge in [-0.3, -0.25) is 0 Å². The fraction of sp³-hybridized carbons (Fsp3) is 0.615. The van der Waals surface area contributed by atoms with Crippen LogP contribution >= 0.6 is 0 Å². The summed E-state index contributed by atoms with van der Waals surface area (Å²) in [7, 11) is -8.94. The Bertz CT molecular complexity index is 1900. The minimum absolute atomic E-state index is 0. The summed E-state index contributed by atoms with van der Waals surface area (Å²) in [5.74, 6) is 0. The van der Waals surface area contributed by atoms with Crippen LogP contribution in [0.5, 0.6) is 0 Å². The van der Waals surface area contributed by atoms with Gasteiger partial charge in [0.1, 0.15) is 20.2 Å². The molecular weight excluding hydrogens is 825 g/mol. The van der Waals surface area contributed by atoms with Crippen LogP contribution in [0.15, 0.2) is 70.5 Å². The van der Waals surface area contributed by atoms with Crippen molar-refractivity contribution in [2.45, 2.75) is 217 Å². The SMILES string of the molecule is CCCCCCCCc1ccc2cc(CCCCCCCC)c(S(=O)(=O)[O-])cc2c1.CCCCCCCCc1ccc2cc(CCCCCCCC)c(S(=O)(=O)[O-])cc2c1.[Ca+2]. The van der Waals surface area contributed by atoms with E-state index in [0.717, 1.165) is 72.9 Å². The van der Waals surface area contributed by atoms with E-state index in [1.54, 1.807) is 12.1 Å². The third-order valence-electron chi connectivity index (χ3n) is 11.9. The molecule has 0 aliphatic heterocycles. The molecule has 4 rings (SSSR count). The van der Waals surface area contributed by atoms with E-state index in [1.165, 1.54) is 127 Å². The molecule has 4 aromatic rings. The van der Waals surface area contributed by atoms with Gasteiger partial charge in [0.15, 0.2) is 0 Å². The normalized spacial score (nSPS) is 11.8. The van der Waals surface area contributed by atoms with Crippen molar-refractivity contribution < 1.29 is 25.9 Å². The molecule has 0 bridgehead atoms. The van der Waals surface area contributed by atoms with Crippen molar-refractivity contribution in [2.75, 3.05) is 0 Å². The van der Waals surface area contributed by atoms with Gasteiger partial charge in [-0.1, -0.05) is 193 Å². The van der Waals surface area contributed by atoms with Crippen LogP contribution in [0.2, 0.25) is 0 Å². The fourth-order valence-corrected chi connectivity index (χ4v) is 9.83. The summed E-state index contributed by atoms with van der Waals surface area (Å²) in [6.45, 7) is 8.84. The van der Waals surface area contributed by atoms with Crippen molar-refractivity contribution in [1.29, 1.82) is 0 Å². The van der Waals surface area contributed by atoms with Crippen molar-refractivity contribution in [3.8, 4) is 0 Å². The second-order valence-corrected chi connectivity index (χ2v) is 20.0. The van der Waals surface area contributed by atoms with E-state index >= 15 is 0 Å². The topological polar surface area (TPSA) is 114 Å². The maximum Gasteiger partial charge on any atom is 2.00 e. The summed E-state index contributed by atoms with van der Waals surface area (Å²) in [5, 5.41) is 3.77. The number of rotatable bonds is 30. The Labute approximate surface area is 402 Å². The van der Waals surface area contributed by atoms with Gasteiger partial charge < -0.3 is 9.11 Å². The number of hydrogen-bond acceptors (Lipinski definition) is 6. The average molecular weight is 903 g/mol. The molecule has 61 heavy (non-hydrogen) atoms. The summed E-state index contributed by atoms with van der Waals surface area (Å²) in [6, 6.07) is 19.6. The van der Waals surface area contributed by atoms with E-state index in [2.05, 4.69) is 64.1 Å².